The largest absolute Gasteiger partial charge is 0.464 e. The molecule has 1 heterocycles. The van der Waals surface area contributed by atoms with Crippen molar-refractivity contribution >= 4 is 17.6 Å². The van der Waals surface area contributed by atoms with Crippen LogP contribution in [0.3, 0.4) is 0 Å². The number of alkyl halides is 1. The van der Waals surface area contributed by atoms with Crippen LogP contribution in [0.5, 0.6) is 11.5 Å². The first-order chi connectivity index (χ1) is 9.04. The van der Waals surface area contributed by atoms with E-state index in [1.807, 2.05) is 0 Å². The van der Waals surface area contributed by atoms with Crippen molar-refractivity contribution in [3.05, 3.63) is 22.7 Å². The average molecular weight is 290 g/mol. The number of fused-ring (bicyclic) bond motifs is 1. The van der Waals surface area contributed by atoms with E-state index in [1.165, 1.54) is 12.1 Å². The lowest BCUT2D eigenvalue weighted by Crippen LogP contribution is -2.31. The Balaban J connectivity index is 2.24. The minimum Gasteiger partial charge on any atom is -0.464 e. The second kappa shape index (κ2) is 5.63. The van der Waals surface area contributed by atoms with Crippen LogP contribution in [0.4, 0.5) is 4.39 Å². The topological polar surface area (TPSA) is 70.8 Å². The van der Waals surface area contributed by atoms with Crippen molar-refractivity contribution in [2.75, 3.05) is 13.4 Å². The van der Waals surface area contributed by atoms with Gasteiger partial charge in [-0.05, 0) is 18.6 Å². The zero-order chi connectivity index (χ0) is 14.0. The Morgan fingerprint density at radius 2 is 2.16 bits per heavy atom. The van der Waals surface area contributed by atoms with E-state index in [0.29, 0.717) is 11.5 Å². The number of ether oxygens (including phenoxy) is 3. The van der Waals surface area contributed by atoms with Crippen molar-refractivity contribution in [3.8, 4) is 11.5 Å². The van der Waals surface area contributed by atoms with Crippen LogP contribution >= 0.6 is 11.6 Å². The van der Waals surface area contributed by atoms with Crippen molar-refractivity contribution in [2.24, 2.45) is 5.73 Å². The van der Waals surface area contributed by atoms with E-state index in [1.54, 1.807) is 6.92 Å². The van der Waals surface area contributed by atoms with E-state index in [-0.39, 0.29) is 24.0 Å². The highest BCUT2D eigenvalue weighted by molar-refractivity contribution is 6.31. The monoisotopic (exact) mass is 289 g/mol. The van der Waals surface area contributed by atoms with Gasteiger partial charge in [-0.2, -0.15) is 0 Å². The van der Waals surface area contributed by atoms with Crippen LogP contribution in [0, 0.1) is 0 Å². The molecule has 1 aromatic carbocycles. The third kappa shape index (κ3) is 2.74. The maximum absolute atomic E-state index is 13.9. The molecule has 0 spiro atoms. The fourth-order valence-electron chi connectivity index (χ4n) is 1.71. The molecule has 2 N–H and O–H groups in total. The molecule has 0 saturated carbocycles. The van der Waals surface area contributed by atoms with Gasteiger partial charge in [0.15, 0.2) is 11.5 Å². The number of benzene rings is 1. The molecule has 0 bridgehead atoms. The van der Waals surface area contributed by atoms with E-state index in [4.69, 9.17) is 26.8 Å². The number of carbonyl (C=O) groups excluding carboxylic acids is 1. The molecule has 2 rings (SSSR count). The summed E-state index contributed by atoms with van der Waals surface area (Å²) in [5.41, 5.74) is 5.98. The van der Waals surface area contributed by atoms with Gasteiger partial charge in [-0.3, -0.25) is 0 Å². The average Bonchev–Trinajstić information content (AvgIpc) is 2.83. The predicted molar refractivity (Wildman–Crippen MR) is 66.0 cm³/mol. The summed E-state index contributed by atoms with van der Waals surface area (Å²) in [4.78, 5) is 11.3. The summed E-state index contributed by atoms with van der Waals surface area (Å²) >= 11 is 5.99. The Morgan fingerprint density at radius 3 is 2.79 bits per heavy atom. The maximum atomic E-state index is 13.9. The van der Waals surface area contributed by atoms with E-state index < -0.39 is 18.2 Å². The first-order valence-electron chi connectivity index (χ1n) is 5.70. The number of esters is 1. The van der Waals surface area contributed by atoms with Gasteiger partial charge in [0.25, 0.3) is 0 Å². The maximum Gasteiger partial charge on any atom is 0.342 e. The minimum absolute atomic E-state index is 0.0707. The van der Waals surface area contributed by atoms with Crippen LogP contribution in [0.1, 0.15) is 18.5 Å². The second-order valence-electron chi connectivity index (χ2n) is 3.91. The van der Waals surface area contributed by atoms with E-state index in [0.717, 1.165) is 0 Å². The molecule has 0 aromatic heterocycles. The highest BCUT2D eigenvalue weighted by Crippen LogP contribution is 2.39. The Hall–Kier alpha value is -1.53. The van der Waals surface area contributed by atoms with Gasteiger partial charge in [0, 0.05) is 11.1 Å². The van der Waals surface area contributed by atoms with Crippen molar-refractivity contribution in [3.63, 3.8) is 0 Å². The molecule has 0 radical (unpaired) electrons. The molecule has 0 saturated heterocycles. The first kappa shape index (κ1) is 13.9. The molecule has 1 aromatic rings. The highest BCUT2D eigenvalue weighted by Gasteiger charge is 2.30. The normalized spacial score (nSPS) is 16.0. The molecule has 1 unspecified atom stereocenters. The highest BCUT2D eigenvalue weighted by atomic mass is 35.5. The summed E-state index contributed by atoms with van der Waals surface area (Å²) in [7, 11) is 0. The standard InChI is InChI=1S/C12H13ClFNO4/c1-2-17-12(16)10(14)11(15)6-3-8-9(4-7(6)13)19-5-18-8/h3-4,10-11H,2,5,15H2,1H3/t10?,11-/m0/s1. The van der Waals surface area contributed by atoms with Crippen molar-refractivity contribution in [1.29, 1.82) is 0 Å². The summed E-state index contributed by atoms with van der Waals surface area (Å²) in [6.07, 6.45) is -1.99. The van der Waals surface area contributed by atoms with Gasteiger partial charge < -0.3 is 19.9 Å². The Kier molecular flexibility index (Phi) is 4.11. The number of nitrogens with two attached hydrogens (primary N) is 1. The van der Waals surface area contributed by atoms with Gasteiger partial charge >= 0.3 is 5.97 Å². The molecule has 104 valence electrons. The quantitative estimate of drug-likeness (QED) is 0.858. The fourth-order valence-corrected chi connectivity index (χ4v) is 1.99. The lowest BCUT2D eigenvalue weighted by Gasteiger charge is -2.17. The zero-order valence-electron chi connectivity index (χ0n) is 10.2. The van der Waals surface area contributed by atoms with Crippen LogP contribution < -0.4 is 15.2 Å². The molecule has 1 aliphatic heterocycles. The predicted octanol–water partition coefficient (Wildman–Crippen LogP) is 1.97. The first-order valence-corrected chi connectivity index (χ1v) is 6.07. The van der Waals surface area contributed by atoms with Crippen LogP contribution in [0.2, 0.25) is 5.02 Å². The minimum atomic E-state index is -1.99. The van der Waals surface area contributed by atoms with Crippen LogP contribution in [0.25, 0.3) is 0 Å². The summed E-state index contributed by atoms with van der Waals surface area (Å²) in [6, 6.07) is 1.74. The molecule has 0 aliphatic carbocycles. The van der Waals surface area contributed by atoms with Crippen molar-refractivity contribution < 1.29 is 23.4 Å². The molecule has 5 nitrogen and oxygen atoms in total. The van der Waals surface area contributed by atoms with Crippen LogP contribution in [-0.4, -0.2) is 25.5 Å². The third-order valence-corrected chi connectivity index (χ3v) is 3.01. The molecule has 1 aliphatic rings. The molecule has 0 fully saturated rings. The van der Waals surface area contributed by atoms with Gasteiger partial charge in [-0.15, -0.1) is 0 Å². The van der Waals surface area contributed by atoms with Crippen molar-refractivity contribution in [2.45, 2.75) is 19.1 Å². The summed E-state index contributed by atoms with van der Waals surface area (Å²) in [5, 5.41) is 0.212. The fraction of sp³-hybridized carbons (Fsp3) is 0.417. The van der Waals surface area contributed by atoms with Gasteiger partial charge in [0.2, 0.25) is 13.0 Å². The molecule has 19 heavy (non-hydrogen) atoms. The van der Waals surface area contributed by atoms with Gasteiger partial charge in [-0.1, -0.05) is 11.6 Å². The number of rotatable bonds is 4. The second-order valence-corrected chi connectivity index (χ2v) is 4.31. The number of halogens is 2. The summed E-state index contributed by atoms with van der Waals surface area (Å²) < 4.78 is 28.7. The zero-order valence-corrected chi connectivity index (χ0v) is 10.9. The number of hydrogen-bond donors (Lipinski definition) is 1. The van der Waals surface area contributed by atoms with Crippen molar-refractivity contribution in [1.82, 2.24) is 0 Å². The van der Waals surface area contributed by atoms with Gasteiger partial charge in [-0.25, -0.2) is 9.18 Å². The van der Waals surface area contributed by atoms with Gasteiger partial charge in [0.1, 0.15) is 0 Å². The molecule has 7 heteroatoms. The van der Waals surface area contributed by atoms with E-state index in [9.17, 15) is 9.18 Å². The smallest absolute Gasteiger partial charge is 0.342 e. The number of carbonyl (C=O) groups is 1. The lowest BCUT2D eigenvalue weighted by atomic mass is 10.0. The van der Waals surface area contributed by atoms with Crippen LogP contribution in [-0.2, 0) is 9.53 Å². The molecule has 2 atom stereocenters. The van der Waals surface area contributed by atoms with E-state index in [2.05, 4.69) is 4.74 Å². The SMILES string of the molecule is CCOC(=O)C(F)[C@@H](N)c1cc2c(cc1Cl)OCO2. The molecule has 0 amide bonds. The summed E-state index contributed by atoms with van der Waals surface area (Å²) in [6.45, 7) is 1.74. The Labute approximate surface area is 114 Å². The summed E-state index contributed by atoms with van der Waals surface area (Å²) in [5.74, 6) is -0.123. The van der Waals surface area contributed by atoms with Crippen LogP contribution in [0.15, 0.2) is 12.1 Å². The lowest BCUT2D eigenvalue weighted by molar-refractivity contribution is -0.149. The third-order valence-electron chi connectivity index (χ3n) is 2.68. The molecular formula is C12H13ClFNO4. The Morgan fingerprint density at radius 1 is 1.53 bits per heavy atom. The number of hydrogen-bond acceptors (Lipinski definition) is 5. The Bertz CT molecular complexity index is 497. The van der Waals surface area contributed by atoms with E-state index >= 15 is 0 Å². The van der Waals surface area contributed by atoms with Gasteiger partial charge in [0.05, 0.1) is 12.6 Å². The molecular weight excluding hydrogens is 277 g/mol.